The molecule has 1 aromatic rings. The summed E-state index contributed by atoms with van der Waals surface area (Å²) in [7, 11) is 0. The molecular weight excluding hydrogens is 194 g/mol. The van der Waals surface area contributed by atoms with Crippen LogP contribution in [0.15, 0.2) is 30.3 Å². The van der Waals surface area contributed by atoms with Gasteiger partial charge in [0.15, 0.2) is 0 Å². The molecule has 1 heteroatoms. The van der Waals surface area contributed by atoms with Crippen LogP contribution in [0.2, 0.25) is 0 Å². The largest absolute Gasteiger partial charge is 0.298 e. The van der Waals surface area contributed by atoms with E-state index in [2.05, 4.69) is 56.0 Å². The summed E-state index contributed by atoms with van der Waals surface area (Å²) in [6.45, 7) is 8.28. The van der Waals surface area contributed by atoms with Crippen molar-refractivity contribution in [3.05, 3.63) is 35.9 Å². The second-order valence-electron chi connectivity index (χ2n) is 5.31. The molecule has 1 nitrogen and oxygen atoms in total. The highest BCUT2D eigenvalue weighted by atomic mass is 15.2. The van der Waals surface area contributed by atoms with Crippen LogP contribution < -0.4 is 0 Å². The van der Waals surface area contributed by atoms with Crippen LogP contribution in [-0.2, 0) is 6.42 Å². The minimum atomic E-state index is 0.691. The molecule has 0 N–H and O–H groups in total. The van der Waals surface area contributed by atoms with Gasteiger partial charge in [-0.05, 0) is 51.6 Å². The lowest BCUT2D eigenvalue weighted by Gasteiger charge is -2.28. The first-order valence-electron chi connectivity index (χ1n) is 6.48. The van der Waals surface area contributed by atoms with Crippen molar-refractivity contribution >= 4 is 0 Å². The van der Waals surface area contributed by atoms with Gasteiger partial charge in [0, 0.05) is 12.1 Å². The van der Waals surface area contributed by atoms with Crippen molar-refractivity contribution in [3.63, 3.8) is 0 Å². The molecule has 2 rings (SSSR count). The third-order valence-corrected chi connectivity index (χ3v) is 3.97. The minimum absolute atomic E-state index is 0.691. The van der Waals surface area contributed by atoms with Crippen molar-refractivity contribution in [1.29, 1.82) is 0 Å². The van der Waals surface area contributed by atoms with Crippen molar-refractivity contribution in [2.24, 2.45) is 5.92 Å². The lowest BCUT2D eigenvalue weighted by Crippen LogP contribution is -2.36. The van der Waals surface area contributed by atoms with E-state index < -0.39 is 0 Å². The number of likely N-dealkylation sites (tertiary alicyclic amines) is 1. The van der Waals surface area contributed by atoms with Gasteiger partial charge < -0.3 is 0 Å². The summed E-state index contributed by atoms with van der Waals surface area (Å²) in [6, 6.07) is 12.3. The molecule has 1 fully saturated rings. The Hall–Kier alpha value is -0.820. The summed E-state index contributed by atoms with van der Waals surface area (Å²) in [4.78, 5) is 2.63. The van der Waals surface area contributed by atoms with E-state index in [1.807, 2.05) is 0 Å². The zero-order valence-corrected chi connectivity index (χ0v) is 10.7. The molecule has 0 radical (unpaired) electrons. The number of rotatable bonds is 3. The van der Waals surface area contributed by atoms with Crippen molar-refractivity contribution in [2.75, 3.05) is 6.54 Å². The fourth-order valence-electron chi connectivity index (χ4n) is 2.95. The van der Waals surface area contributed by atoms with Crippen molar-refractivity contribution in [1.82, 2.24) is 4.90 Å². The van der Waals surface area contributed by atoms with Crippen LogP contribution in [0.25, 0.3) is 0 Å². The minimum Gasteiger partial charge on any atom is -0.298 e. The van der Waals surface area contributed by atoms with E-state index in [9.17, 15) is 0 Å². The Bertz CT molecular complexity index is 317. The van der Waals surface area contributed by atoms with Crippen molar-refractivity contribution in [2.45, 2.75) is 45.7 Å². The average molecular weight is 217 g/mol. The van der Waals surface area contributed by atoms with Crippen molar-refractivity contribution in [3.8, 4) is 0 Å². The Morgan fingerprint density at radius 3 is 2.50 bits per heavy atom. The van der Waals surface area contributed by atoms with E-state index in [1.54, 1.807) is 0 Å². The first kappa shape index (κ1) is 11.7. The van der Waals surface area contributed by atoms with E-state index in [1.165, 1.54) is 24.9 Å². The summed E-state index contributed by atoms with van der Waals surface area (Å²) in [5.74, 6) is 0.838. The first-order valence-corrected chi connectivity index (χ1v) is 6.48. The molecule has 0 aromatic heterocycles. The average Bonchev–Trinajstić information content (AvgIpc) is 2.62. The molecule has 0 saturated carbocycles. The lowest BCUT2D eigenvalue weighted by atomic mass is 9.93. The molecule has 0 aliphatic carbocycles. The summed E-state index contributed by atoms with van der Waals surface area (Å²) < 4.78 is 0. The van der Waals surface area contributed by atoms with Crippen LogP contribution in [0.5, 0.6) is 0 Å². The molecule has 1 aliphatic rings. The molecule has 1 aromatic carbocycles. The molecule has 1 aliphatic heterocycles. The van der Waals surface area contributed by atoms with Gasteiger partial charge in [0.2, 0.25) is 0 Å². The number of benzene rings is 1. The van der Waals surface area contributed by atoms with Crippen LogP contribution in [0.3, 0.4) is 0 Å². The van der Waals surface area contributed by atoms with Crippen molar-refractivity contribution < 1.29 is 0 Å². The Labute approximate surface area is 99.5 Å². The molecule has 0 bridgehead atoms. The van der Waals surface area contributed by atoms with Crippen LogP contribution in [0.1, 0.15) is 32.8 Å². The van der Waals surface area contributed by atoms with E-state index in [0.29, 0.717) is 6.04 Å². The Kier molecular flexibility index (Phi) is 3.65. The summed E-state index contributed by atoms with van der Waals surface area (Å²) in [5.41, 5.74) is 1.49. The summed E-state index contributed by atoms with van der Waals surface area (Å²) >= 11 is 0. The van der Waals surface area contributed by atoms with Gasteiger partial charge in [0.05, 0.1) is 0 Å². The van der Waals surface area contributed by atoms with Gasteiger partial charge >= 0.3 is 0 Å². The van der Waals surface area contributed by atoms with Gasteiger partial charge in [-0.1, -0.05) is 30.3 Å². The molecule has 2 atom stereocenters. The quantitative estimate of drug-likeness (QED) is 0.750. The Balaban J connectivity index is 1.98. The van der Waals surface area contributed by atoms with Gasteiger partial charge in [-0.3, -0.25) is 4.90 Å². The SMILES string of the molecule is CC(C)N1CCC(Cc2ccccc2)C1C. The van der Waals surface area contributed by atoms with Gasteiger partial charge in [0.1, 0.15) is 0 Å². The molecule has 0 spiro atoms. The van der Waals surface area contributed by atoms with Gasteiger partial charge in [-0.25, -0.2) is 0 Å². The second-order valence-corrected chi connectivity index (χ2v) is 5.31. The topological polar surface area (TPSA) is 3.24 Å². The fourth-order valence-corrected chi connectivity index (χ4v) is 2.95. The first-order chi connectivity index (χ1) is 7.68. The van der Waals surface area contributed by atoms with Gasteiger partial charge in [0.25, 0.3) is 0 Å². The highest BCUT2D eigenvalue weighted by molar-refractivity contribution is 5.16. The summed E-state index contributed by atoms with van der Waals surface area (Å²) in [5, 5.41) is 0. The van der Waals surface area contributed by atoms with E-state index in [4.69, 9.17) is 0 Å². The zero-order chi connectivity index (χ0) is 11.5. The van der Waals surface area contributed by atoms with E-state index >= 15 is 0 Å². The van der Waals surface area contributed by atoms with E-state index in [-0.39, 0.29) is 0 Å². The number of hydrogen-bond acceptors (Lipinski definition) is 1. The highest BCUT2D eigenvalue weighted by Gasteiger charge is 2.31. The second kappa shape index (κ2) is 5.01. The maximum Gasteiger partial charge on any atom is 0.0101 e. The van der Waals surface area contributed by atoms with Gasteiger partial charge in [-0.2, -0.15) is 0 Å². The van der Waals surface area contributed by atoms with Crippen LogP contribution in [-0.4, -0.2) is 23.5 Å². The molecule has 16 heavy (non-hydrogen) atoms. The Morgan fingerprint density at radius 2 is 1.94 bits per heavy atom. The molecule has 0 amide bonds. The molecule has 88 valence electrons. The molecule has 1 heterocycles. The molecular formula is C15H23N. The standard InChI is InChI=1S/C15H23N/c1-12(2)16-10-9-15(13(16)3)11-14-7-5-4-6-8-14/h4-8,12-13,15H,9-11H2,1-3H3. The van der Waals surface area contributed by atoms with Crippen LogP contribution in [0.4, 0.5) is 0 Å². The number of hydrogen-bond donors (Lipinski definition) is 0. The van der Waals surface area contributed by atoms with Gasteiger partial charge in [-0.15, -0.1) is 0 Å². The normalized spacial score (nSPS) is 26.5. The predicted octanol–water partition coefficient (Wildman–Crippen LogP) is 3.35. The Morgan fingerprint density at radius 1 is 1.25 bits per heavy atom. The van der Waals surface area contributed by atoms with E-state index in [0.717, 1.165) is 12.0 Å². The zero-order valence-electron chi connectivity index (χ0n) is 10.7. The molecule has 2 unspecified atom stereocenters. The smallest absolute Gasteiger partial charge is 0.0101 e. The van der Waals surface area contributed by atoms with Crippen LogP contribution in [0, 0.1) is 5.92 Å². The monoisotopic (exact) mass is 217 g/mol. The summed E-state index contributed by atoms with van der Waals surface area (Å²) in [6.07, 6.45) is 2.60. The lowest BCUT2D eigenvalue weighted by molar-refractivity contribution is 0.195. The maximum absolute atomic E-state index is 2.63. The predicted molar refractivity (Wildman–Crippen MR) is 69.6 cm³/mol. The van der Waals surface area contributed by atoms with Crippen LogP contribution >= 0.6 is 0 Å². The highest BCUT2D eigenvalue weighted by Crippen LogP contribution is 2.28. The fraction of sp³-hybridized carbons (Fsp3) is 0.600. The molecule has 1 saturated heterocycles. The third kappa shape index (κ3) is 2.46. The third-order valence-electron chi connectivity index (χ3n) is 3.97. The number of nitrogens with zero attached hydrogens (tertiary/aromatic N) is 1. The maximum atomic E-state index is 2.63.